The zero-order valence-electron chi connectivity index (χ0n) is 20.0. The predicted molar refractivity (Wildman–Crippen MR) is 130 cm³/mol. The van der Waals surface area contributed by atoms with Crippen LogP contribution in [-0.4, -0.2) is 24.5 Å². The van der Waals surface area contributed by atoms with Gasteiger partial charge in [0.05, 0.1) is 5.56 Å². The normalized spacial score (nSPS) is 16.1. The van der Waals surface area contributed by atoms with Crippen LogP contribution in [0.1, 0.15) is 60.8 Å². The lowest BCUT2D eigenvalue weighted by Gasteiger charge is -2.32. The van der Waals surface area contributed by atoms with Crippen LogP contribution in [0.4, 0.5) is 22.0 Å². The van der Waals surface area contributed by atoms with Gasteiger partial charge < -0.3 is 9.64 Å². The van der Waals surface area contributed by atoms with Crippen LogP contribution in [0.2, 0.25) is 0 Å². The zero-order valence-corrected chi connectivity index (χ0v) is 20.0. The summed E-state index contributed by atoms with van der Waals surface area (Å²) in [7, 11) is 0. The largest absolute Gasteiger partial charge is 0.483 e. The molecular weight excluding hydrogens is 473 g/mol. The average molecular weight is 504 g/mol. The molecule has 1 fully saturated rings. The Morgan fingerprint density at radius 3 is 2.22 bits per heavy atom. The highest BCUT2D eigenvalue weighted by molar-refractivity contribution is 5.33. The molecule has 4 rings (SSSR count). The lowest BCUT2D eigenvalue weighted by atomic mass is 9.89. The Labute approximate surface area is 208 Å². The van der Waals surface area contributed by atoms with E-state index in [0.29, 0.717) is 30.0 Å². The van der Waals surface area contributed by atoms with Crippen molar-refractivity contribution in [3.63, 3.8) is 0 Å². The lowest BCUT2D eigenvalue weighted by molar-refractivity contribution is -0.137. The van der Waals surface area contributed by atoms with Crippen molar-refractivity contribution in [2.24, 2.45) is 0 Å². The third-order valence-electron chi connectivity index (χ3n) is 6.82. The maximum atomic E-state index is 14.3. The van der Waals surface area contributed by atoms with Gasteiger partial charge in [-0.15, -0.1) is 0 Å². The summed E-state index contributed by atoms with van der Waals surface area (Å²) in [5.41, 5.74) is 1.01. The van der Waals surface area contributed by atoms with E-state index in [4.69, 9.17) is 4.74 Å². The predicted octanol–water partition coefficient (Wildman–Crippen LogP) is 8.15. The molecule has 0 amide bonds. The molecule has 1 aliphatic rings. The van der Waals surface area contributed by atoms with E-state index in [0.717, 1.165) is 51.4 Å². The third kappa shape index (κ3) is 7.06. The van der Waals surface area contributed by atoms with Crippen LogP contribution in [0.5, 0.6) is 5.75 Å². The fourth-order valence-electron chi connectivity index (χ4n) is 4.77. The zero-order chi connectivity index (χ0) is 25.5. The number of alkyl halides is 3. The third-order valence-corrected chi connectivity index (χ3v) is 6.82. The molecule has 1 saturated heterocycles. The molecule has 1 unspecified atom stereocenters. The van der Waals surface area contributed by atoms with Crippen LogP contribution in [0.3, 0.4) is 0 Å². The quantitative estimate of drug-likeness (QED) is 0.216. The van der Waals surface area contributed by atoms with E-state index < -0.39 is 35.2 Å². The Bertz CT molecular complexity index is 1090. The molecule has 1 atom stereocenters. The number of likely N-dealkylation sites (tertiary alicyclic amines) is 1. The van der Waals surface area contributed by atoms with E-state index in [1.165, 1.54) is 29.8 Å². The first kappa shape index (κ1) is 26.1. The van der Waals surface area contributed by atoms with Crippen LogP contribution >= 0.6 is 0 Å². The van der Waals surface area contributed by atoms with Gasteiger partial charge in [0.15, 0.2) is 11.6 Å². The molecule has 3 aromatic carbocycles. The first-order chi connectivity index (χ1) is 17.3. The molecule has 0 bridgehead atoms. The number of piperidine rings is 1. The molecule has 0 radical (unpaired) electrons. The molecule has 1 heterocycles. The molecular formula is C29H30F5NO. The summed E-state index contributed by atoms with van der Waals surface area (Å²) in [6, 6.07) is 18.3. The van der Waals surface area contributed by atoms with Gasteiger partial charge >= 0.3 is 6.18 Å². The summed E-state index contributed by atoms with van der Waals surface area (Å²) in [6.45, 7) is 2.95. The molecule has 1 aliphatic heterocycles. The van der Waals surface area contributed by atoms with E-state index in [2.05, 4.69) is 29.2 Å². The summed E-state index contributed by atoms with van der Waals surface area (Å²) in [4.78, 5) is 2.43. The molecule has 3 aromatic rings. The fourth-order valence-corrected chi connectivity index (χ4v) is 4.77. The number of rotatable bonds is 9. The van der Waals surface area contributed by atoms with Crippen molar-refractivity contribution in [1.29, 1.82) is 0 Å². The molecule has 0 spiro atoms. The van der Waals surface area contributed by atoms with Crippen molar-refractivity contribution in [3.05, 3.63) is 101 Å². The van der Waals surface area contributed by atoms with E-state index >= 15 is 0 Å². The molecule has 2 nitrogen and oxygen atoms in total. The standard InChI is InChI=1S/C29H30F5NO/c30-25-12-9-23(10-13-25)27(36-28-20-24(29(32,33)34)11-14-26(28)31)8-4-5-17-35-18-15-22(16-19-35)21-6-2-1-3-7-21/h1-3,6-7,9-14,20,22,27H,4-5,8,15-19H2. The number of nitrogens with zero attached hydrogens (tertiary/aromatic N) is 1. The van der Waals surface area contributed by atoms with Gasteiger partial charge in [0.25, 0.3) is 0 Å². The number of ether oxygens (including phenoxy) is 1. The molecule has 0 aromatic heterocycles. The Morgan fingerprint density at radius 2 is 1.56 bits per heavy atom. The Hall–Kier alpha value is -2.93. The highest BCUT2D eigenvalue weighted by atomic mass is 19.4. The summed E-state index contributed by atoms with van der Waals surface area (Å²) in [5.74, 6) is -1.17. The second-order valence-electron chi connectivity index (χ2n) is 9.32. The fraction of sp³-hybridized carbons (Fsp3) is 0.379. The highest BCUT2D eigenvalue weighted by Crippen LogP contribution is 2.35. The monoisotopic (exact) mass is 503 g/mol. The minimum Gasteiger partial charge on any atom is -0.483 e. The van der Waals surface area contributed by atoms with Gasteiger partial charge in [0.2, 0.25) is 0 Å². The van der Waals surface area contributed by atoms with Crippen molar-refractivity contribution in [1.82, 2.24) is 4.90 Å². The van der Waals surface area contributed by atoms with Crippen LogP contribution in [0.15, 0.2) is 72.8 Å². The van der Waals surface area contributed by atoms with Crippen molar-refractivity contribution in [2.75, 3.05) is 19.6 Å². The van der Waals surface area contributed by atoms with Crippen LogP contribution in [-0.2, 0) is 6.18 Å². The topological polar surface area (TPSA) is 12.5 Å². The van der Waals surface area contributed by atoms with Crippen LogP contribution in [0, 0.1) is 11.6 Å². The van der Waals surface area contributed by atoms with Crippen molar-refractivity contribution in [3.8, 4) is 5.75 Å². The van der Waals surface area contributed by atoms with Crippen molar-refractivity contribution >= 4 is 0 Å². The minimum absolute atomic E-state index is 0.429. The smallest absolute Gasteiger partial charge is 0.416 e. The van der Waals surface area contributed by atoms with Gasteiger partial charge in [-0.25, -0.2) is 8.78 Å². The Balaban J connectivity index is 1.34. The minimum atomic E-state index is -4.61. The average Bonchev–Trinajstić information content (AvgIpc) is 2.88. The van der Waals surface area contributed by atoms with Gasteiger partial charge in [0.1, 0.15) is 11.9 Å². The van der Waals surface area contributed by atoms with E-state index in [9.17, 15) is 22.0 Å². The molecule has 36 heavy (non-hydrogen) atoms. The van der Waals surface area contributed by atoms with Crippen LogP contribution in [0.25, 0.3) is 0 Å². The summed E-state index contributed by atoms with van der Waals surface area (Å²) >= 11 is 0. The van der Waals surface area contributed by atoms with Crippen molar-refractivity contribution < 1.29 is 26.7 Å². The number of hydrogen-bond acceptors (Lipinski definition) is 2. The lowest BCUT2D eigenvalue weighted by Crippen LogP contribution is -2.33. The molecule has 192 valence electrons. The van der Waals surface area contributed by atoms with Gasteiger partial charge in [-0.1, -0.05) is 42.5 Å². The number of unbranched alkanes of at least 4 members (excludes halogenated alkanes) is 1. The van der Waals surface area contributed by atoms with Crippen LogP contribution < -0.4 is 4.74 Å². The first-order valence-corrected chi connectivity index (χ1v) is 12.4. The molecule has 0 aliphatic carbocycles. The molecule has 0 N–H and O–H groups in total. The van der Waals surface area contributed by atoms with Gasteiger partial charge in [-0.05, 0) is 99.1 Å². The van der Waals surface area contributed by atoms with Gasteiger partial charge in [0, 0.05) is 0 Å². The first-order valence-electron chi connectivity index (χ1n) is 12.4. The summed E-state index contributed by atoms with van der Waals surface area (Å²) in [5, 5.41) is 0. The summed E-state index contributed by atoms with van der Waals surface area (Å²) < 4.78 is 72.9. The van der Waals surface area contributed by atoms with E-state index in [1.807, 2.05) is 6.07 Å². The number of benzene rings is 3. The number of halogens is 5. The maximum Gasteiger partial charge on any atom is 0.416 e. The highest BCUT2D eigenvalue weighted by Gasteiger charge is 2.32. The molecule has 7 heteroatoms. The Morgan fingerprint density at radius 1 is 0.861 bits per heavy atom. The van der Waals surface area contributed by atoms with Gasteiger partial charge in [-0.2, -0.15) is 13.2 Å². The van der Waals surface area contributed by atoms with E-state index in [-0.39, 0.29) is 0 Å². The van der Waals surface area contributed by atoms with Crippen molar-refractivity contribution in [2.45, 2.75) is 50.3 Å². The maximum absolute atomic E-state index is 14.3. The van der Waals surface area contributed by atoms with E-state index in [1.54, 1.807) is 0 Å². The SMILES string of the molecule is Fc1ccc(C(CCCCN2CCC(c3ccccc3)CC2)Oc2cc(C(F)(F)F)ccc2F)cc1. The summed E-state index contributed by atoms with van der Waals surface area (Å²) in [6.07, 6.45) is -0.983. The second kappa shape index (κ2) is 11.9. The molecule has 0 saturated carbocycles. The Kier molecular flexibility index (Phi) is 8.62. The van der Waals surface area contributed by atoms with Gasteiger partial charge in [-0.3, -0.25) is 0 Å². The number of hydrogen-bond donors (Lipinski definition) is 0. The second-order valence-corrected chi connectivity index (χ2v) is 9.32.